The molecular weight excluding hydrogens is 267 g/mol. The Morgan fingerprint density at radius 1 is 1.21 bits per heavy atom. The number of sulfonamides is 1. The molecule has 1 aromatic rings. The van der Waals surface area contributed by atoms with Gasteiger partial charge in [0.05, 0.1) is 4.90 Å². The van der Waals surface area contributed by atoms with E-state index >= 15 is 0 Å². The van der Waals surface area contributed by atoms with Gasteiger partial charge in [-0.3, -0.25) is 0 Å². The predicted octanol–water partition coefficient (Wildman–Crippen LogP) is 1.97. The van der Waals surface area contributed by atoms with E-state index in [4.69, 9.17) is 0 Å². The van der Waals surface area contributed by atoms with Crippen molar-refractivity contribution in [3.63, 3.8) is 0 Å². The third-order valence-electron chi connectivity index (χ3n) is 2.93. The topological polar surface area (TPSA) is 49.4 Å². The zero-order valence-electron chi connectivity index (χ0n) is 11.6. The highest BCUT2D eigenvalue weighted by atomic mass is 32.2. The maximum absolute atomic E-state index is 13.6. The van der Waals surface area contributed by atoms with Gasteiger partial charge in [-0.25, -0.2) is 12.8 Å². The summed E-state index contributed by atoms with van der Waals surface area (Å²) in [4.78, 5) is 0.144. The van der Waals surface area contributed by atoms with Crippen LogP contribution in [-0.2, 0) is 16.6 Å². The summed E-state index contributed by atoms with van der Waals surface area (Å²) in [5.74, 6) is -0.389. The number of nitrogens with one attached hydrogen (secondary N) is 1. The van der Waals surface area contributed by atoms with Crippen LogP contribution in [0.2, 0.25) is 0 Å². The van der Waals surface area contributed by atoms with Gasteiger partial charge >= 0.3 is 0 Å². The Balaban J connectivity index is 3.14. The fourth-order valence-electron chi connectivity index (χ4n) is 1.82. The van der Waals surface area contributed by atoms with Gasteiger partial charge in [0, 0.05) is 25.2 Å². The Hall–Kier alpha value is -0.980. The highest BCUT2D eigenvalue weighted by Crippen LogP contribution is 2.19. The van der Waals surface area contributed by atoms with Gasteiger partial charge in [-0.1, -0.05) is 20.8 Å². The summed E-state index contributed by atoms with van der Waals surface area (Å²) >= 11 is 0. The van der Waals surface area contributed by atoms with E-state index in [1.807, 2.05) is 6.92 Å². The van der Waals surface area contributed by atoms with Crippen LogP contribution in [0.15, 0.2) is 23.1 Å². The molecule has 1 rings (SSSR count). The van der Waals surface area contributed by atoms with Crippen molar-refractivity contribution < 1.29 is 12.8 Å². The Kier molecular flexibility index (Phi) is 5.90. The molecule has 1 N–H and O–H groups in total. The summed E-state index contributed by atoms with van der Waals surface area (Å²) < 4.78 is 39.6. The molecule has 0 aliphatic rings. The molecule has 0 amide bonds. The molecule has 108 valence electrons. The van der Waals surface area contributed by atoms with E-state index in [2.05, 4.69) is 5.32 Å². The molecule has 19 heavy (non-hydrogen) atoms. The summed E-state index contributed by atoms with van der Waals surface area (Å²) in [7, 11) is -3.53. The van der Waals surface area contributed by atoms with Crippen molar-refractivity contribution in [2.75, 3.05) is 19.6 Å². The van der Waals surface area contributed by atoms with Crippen LogP contribution in [0, 0.1) is 5.82 Å². The quantitative estimate of drug-likeness (QED) is 0.834. The molecule has 0 fully saturated rings. The lowest BCUT2D eigenvalue weighted by Crippen LogP contribution is -2.30. The summed E-state index contributed by atoms with van der Waals surface area (Å²) in [6, 6.07) is 3.94. The maximum atomic E-state index is 13.6. The highest BCUT2D eigenvalue weighted by Gasteiger charge is 2.22. The van der Waals surface area contributed by atoms with E-state index in [0.29, 0.717) is 31.7 Å². The minimum atomic E-state index is -3.53. The molecule has 0 bridgehead atoms. The second-order valence-electron chi connectivity index (χ2n) is 4.12. The first kappa shape index (κ1) is 16.1. The fourth-order valence-corrected chi connectivity index (χ4v) is 3.33. The second-order valence-corrected chi connectivity index (χ2v) is 6.06. The Labute approximate surface area is 114 Å². The highest BCUT2D eigenvalue weighted by molar-refractivity contribution is 7.89. The minimum absolute atomic E-state index is 0.144. The molecule has 0 saturated heterocycles. The van der Waals surface area contributed by atoms with E-state index in [0.717, 1.165) is 0 Å². The number of rotatable bonds is 7. The largest absolute Gasteiger partial charge is 0.313 e. The van der Waals surface area contributed by atoms with Crippen LogP contribution in [0.1, 0.15) is 26.3 Å². The minimum Gasteiger partial charge on any atom is -0.313 e. The number of nitrogens with zero attached hydrogens (tertiary/aromatic N) is 1. The number of halogens is 1. The molecule has 0 heterocycles. The van der Waals surface area contributed by atoms with Crippen molar-refractivity contribution >= 4 is 10.0 Å². The Morgan fingerprint density at radius 2 is 1.84 bits per heavy atom. The summed E-state index contributed by atoms with van der Waals surface area (Å²) in [5, 5.41) is 2.99. The molecule has 0 aliphatic heterocycles. The van der Waals surface area contributed by atoms with Gasteiger partial charge in [0.2, 0.25) is 10.0 Å². The number of hydrogen-bond acceptors (Lipinski definition) is 3. The average molecular weight is 288 g/mol. The predicted molar refractivity (Wildman–Crippen MR) is 73.9 cm³/mol. The molecule has 0 atom stereocenters. The third-order valence-corrected chi connectivity index (χ3v) is 4.97. The van der Waals surface area contributed by atoms with E-state index in [1.165, 1.54) is 22.5 Å². The number of hydrogen-bond donors (Lipinski definition) is 1. The van der Waals surface area contributed by atoms with Crippen LogP contribution in [0.4, 0.5) is 4.39 Å². The normalized spacial score (nSPS) is 12.1. The first-order valence-electron chi connectivity index (χ1n) is 6.46. The van der Waals surface area contributed by atoms with Crippen molar-refractivity contribution in [1.82, 2.24) is 9.62 Å². The molecular formula is C13H21FN2O2S. The standard InChI is InChI=1S/C13H21FN2O2S/c1-4-15-10-11-9-12(7-8-13(11)14)19(17,18)16(5-2)6-3/h7-9,15H,4-6,10H2,1-3H3. The second kappa shape index (κ2) is 6.98. The van der Waals surface area contributed by atoms with Gasteiger partial charge in [-0.2, -0.15) is 4.31 Å². The number of benzene rings is 1. The van der Waals surface area contributed by atoms with Gasteiger partial charge in [0.15, 0.2) is 0 Å². The van der Waals surface area contributed by atoms with E-state index in [9.17, 15) is 12.8 Å². The van der Waals surface area contributed by atoms with Gasteiger partial charge in [0.1, 0.15) is 5.82 Å². The van der Waals surface area contributed by atoms with Crippen LogP contribution >= 0.6 is 0 Å². The molecule has 0 spiro atoms. The molecule has 4 nitrogen and oxygen atoms in total. The molecule has 0 aliphatic carbocycles. The van der Waals surface area contributed by atoms with Crippen LogP contribution < -0.4 is 5.32 Å². The Bertz CT molecular complexity index is 513. The molecule has 0 aromatic heterocycles. The lowest BCUT2D eigenvalue weighted by molar-refractivity contribution is 0.445. The summed E-state index contributed by atoms with van der Waals surface area (Å²) in [6.45, 7) is 7.30. The van der Waals surface area contributed by atoms with Gasteiger partial charge in [0.25, 0.3) is 0 Å². The lowest BCUT2D eigenvalue weighted by atomic mass is 10.2. The molecule has 1 aromatic carbocycles. The van der Waals surface area contributed by atoms with Crippen molar-refractivity contribution in [3.05, 3.63) is 29.6 Å². The van der Waals surface area contributed by atoms with E-state index in [1.54, 1.807) is 13.8 Å². The first-order chi connectivity index (χ1) is 8.97. The van der Waals surface area contributed by atoms with Crippen molar-refractivity contribution in [1.29, 1.82) is 0 Å². The lowest BCUT2D eigenvalue weighted by Gasteiger charge is -2.19. The van der Waals surface area contributed by atoms with Crippen LogP contribution in [0.25, 0.3) is 0 Å². The van der Waals surface area contributed by atoms with Crippen LogP contribution in [0.5, 0.6) is 0 Å². The Morgan fingerprint density at radius 3 is 2.37 bits per heavy atom. The zero-order valence-corrected chi connectivity index (χ0v) is 12.4. The average Bonchev–Trinajstić information content (AvgIpc) is 2.38. The van der Waals surface area contributed by atoms with Gasteiger partial charge in [-0.15, -0.1) is 0 Å². The van der Waals surface area contributed by atoms with Crippen molar-refractivity contribution in [2.24, 2.45) is 0 Å². The van der Waals surface area contributed by atoms with E-state index < -0.39 is 10.0 Å². The van der Waals surface area contributed by atoms with E-state index in [-0.39, 0.29) is 10.7 Å². The zero-order chi connectivity index (χ0) is 14.5. The molecule has 0 radical (unpaired) electrons. The van der Waals surface area contributed by atoms with Gasteiger partial charge < -0.3 is 5.32 Å². The monoisotopic (exact) mass is 288 g/mol. The smallest absolute Gasteiger partial charge is 0.243 e. The first-order valence-corrected chi connectivity index (χ1v) is 7.90. The van der Waals surface area contributed by atoms with Crippen LogP contribution in [-0.4, -0.2) is 32.4 Å². The molecule has 0 unspecified atom stereocenters. The van der Waals surface area contributed by atoms with Crippen LogP contribution in [0.3, 0.4) is 0 Å². The third kappa shape index (κ3) is 3.75. The van der Waals surface area contributed by atoms with Gasteiger partial charge in [-0.05, 0) is 24.7 Å². The summed E-state index contributed by atoms with van der Waals surface area (Å²) in [5.41, 5.74) is 0.370. The molecule has 6 heteroatoms. The van der Waals surface area contributed by atoms with Crippen molar-refractivity contribution in [3.8, 4) is 0 Å². The SMILES string of the molecule is CCNCc1cc(S(=O)(=O)N(CC)CC)ccc1F. The summed E-state index contributed by atoms with van der Waals surface area (Å²) in [6.07, 6.45) is 0. The maximum Gasteiger partial charge on any atom is 0.243 e. The molecule has 0 saturated carbocycles. The van der Waals surface area contributed by atoms with Crippen molar-refractivity contribution in [2.45, 2.75) is 32.2 Å². The fraction of sp³-hybridized carbons (Fsp3) is 0.538.